The van der Waals surface area contributed by atoms with Crippen molar-refractivity contribution in [3.63, 3.8) is 0 Å². The van der Waals surface area contributed by atoms with Crippen LogP contribution in [0.2, 0.25) is 0 Å². The molecule has 2 fully saturated rings. The molecule has 1 amide bonds. The summed E-state index contributed by atoms with van der Waals surface area (Å²) in [5.74, 6) is 0.332. The number of carbonyl (C=O) groups excluding carboxylic acids is 1. The van der Waals surface area contributed by atoms with Crippen LogP contribution in [-0.2, 0) is 6.18 Å². The van der Waals surface area contributed by atoms with Gasteiger partial charge in [0.25, 0.3) is 5.91 Å². The Bertz CT molecular complexity index is 1170. The first-order valence-electron chi connectivity index (χ1n) is 10.5. The number of aromatic nitrogens is 5. The van der Waals surface area contributed by atoms with Crippen molar-refractivity contribution in [1.82, 2.24) is 29.8 Å². The number of amides is 1. The van der Waals surface area contributed by atoms with Crippen LogP contribution in [0.1, 0.15) is 41.0 Å². The van der Waals surface area contributed by atoms with E-state index in [2.05, 4.69) is 30.2 Å². The monoisotopic (exact) mass is 455 g/mol. The molecule has 0 spiro atoms. The molecule has 3 unspecified atom stereocenters. The van der Waals surface area contributed by atoms with E-state index in [-0.39, 0.29) is 30.0 Å². The number of nitrogens with one attached hydrogen (secondary N) is 1. The second-order valence-electron chi connectivity index (χ2n) is 8.21. The van der Waals surface area contributed by atoms with Gasteiger partial charge in [0.1, 0.15) is 5.69 Å². The van der Waals surface area contributed by atoms with Crippen LogP contribution in [0.25, 0.3) is 11.4 Å². The number of rotatable bonds is 4. The van der Waals surface area contributed by atoms with Gasteiger partial charge >= 0.3 is 6.18 Å². The lowest BCUT2D eigenvalue weighted by molar-refractivity contribution is -0.138. The van der Waals surface area contributed by atoms with Crippen molar-refractivity contribution < 1.29 is 18.0 Å². The van der Waals surface area contributed by atoms with E-state index in [0.717, 1.165) is 25.2 Å². The molecule has 8 nitrogen and oxygen atoms in total. The van der Waals surface area contributed by atoms with E-state index in [1.54, 1.807) is 24.5 Å². The smallest absolute Gasteiger partial charge is 0.349 e. The van der Waals surface area contributed by atoms with Crippen LogP contribution in [0.5, 0.6) is 0 Å². The Morgan fingerprint density at radius 2 is 1.82 bits per heavy atom. The number of aryl methyl sites for hydroxylation is 1. The van der Waals surface area contributed by atoms with E-state index in [0.29, 0.717) is 29.2 Å². The molecule has 2 aliphatic heterocycles. The molecule has 3 aromatic rings. The van der Waals surface area contributed by atoms with Crippen molar-refractivity contribution in [1.29, 1.82) is 0 Å². The van der Waals surface area contributed by atoms with Gasteiger partial charge in [-0.05, 0) is 44.4 Å². The second kappa shape index (κ2) is 8.05. The fourth-order valence-electron chi connectivity index (χ4n) is 4.64. The number of hydrogen-bond donors (Lipinski definition) is 1. The van der Waals surface area contributed by atoms with Crippen LogP contribution in [0.15, 0.2) is 43.0 Å². The zero-order valence-corrected chi connectivity index (χ0v) is 17.6. The number of halogens is 3. The van der Waals surface area contributed by atoms with Gasteiger partial charge in [-0.1, -0.05) is 0 Å². The third-order valence-electron chi connectivity index (χ3n) is 6.11. The molecule has 3 aromatic heterocycles. The lowest BCUT2D eigenvalue weighted by atomic mass is 9.96. The summed E-state index contributed by atoms with van der Waals surface area (Å²) in [6.07, 6.45) is 2.53. The molecule has 0 saturated carbocycles. The standard InChI is InChI=1S/C22H20F3N7O/c1-12-3-5-15(19-26-7-2-8-27-19)18(30-12)20(33)32-14-4-6-17(32)16(9-14)31-21-28-10-13(11-29-21)22(23,24)25/h2-3,5,7-8,10-11,14,16-17H,4,6,9H2,1H3,(H,28,29,31). The predicted octanol–water partition coefficient (Wildman–Crippen LogP) is 3.51. The Labute approximate surface area is 187 Å². The zero-order chi connectivity index (χ0) is 23.2. The van der Waals surface area contributed by atoms with Gasteiger partial charge in [-0.25, -0.2) is 24.9 Å². The topological polar surface area (TPSA) is 96.8 Å². The average molecular weight is 455 g/mol. The SMILES string of the molecule is Cc1ccc(-c2ncccn2)c(C(=O)N2C3CCC2C(Nc2ncc(C(F)(F)F)cn2)C3)n1. The third kappa shape index (κ3) is 3.98. The van der Waals surface area contributed by atoms with Gasteiger partial charge in [-0.3, -0.25) is 4.79 Å². The van der Waals surface area contributed by atoms with Gasteiger partial charge in [0.15, 0.2) is 5.82 Å². The third-order valence-corrected chi connectivity index (χ3v) is 6.11. The highest BCUT2D eigenvalue weighted by molar-refractivity contribution is 5.99. The highest BCUT2D eigenvalue weighted by atomic mass is 19.4. The van der Waals surface area contributed by atoms with E-state index >= 15 is 0 Å². The fraction of sp³-hybridized carbons (Fsp3) is 0.364. The highest BCUT2D eigenvalue weighted by Gasteiger charge is 2.49. The summed E-state index contributed by atoms with van der Waals surface area (Å²) in [7, 11) is 0. The number of pyridine rings is 1. The minimum absolute atomic E-state index is 0.00121. The van der Waals surface area contributed by atoms with E-state index in [1.807, 2.05) is 17.9 Å². The first-order valence-corrected chi connectivity index (χ1v) is 10.5. The summed E-state index contributed by atoms with van der Waals surface area (Å²) in [5.41, 5.74) is 0.661. The van der Waals surface area contributed by atoms with Crippen LogP contribution in [0.3, 0.4) is 0 Å². The van der Waals surface area contributed by atoms with Gasteiger partial charge in [0.2, 0.25) is 5.95 Å². The lowest BCUT2D eigenvalue weighted by Crippen LogP contribution is -2.40. The quantitative estimate of drug-likeness (QED) is 0.643. The molecule has 2 saturated heterocycles. The molecule has 2 bridgehead atoms. The molecule has 2 aliphatic rings. The molecule has 5 heterocycles. The Morgan fingerprint density at radius 1 is 1.09 bits per heavy atom. The summed E-state index contributed by atoms with van der Waals surface area (Å²) in [6.45, 7) is 1.82. The van der Waals surface area contributed by atoms with Gasteiger partial charge in [-0.15, -0.1) is 0 Å². The highest BCUT2D eigenvalue weighted by Crippen LogP contribution is 2.40. The van der Waals surface area contributed by atoms with Crippen molar-refractivity contribution in [3.8, 4) is 11.4 Å². The fourth-order valence-corrected chi connectivity index (χ4v) is 4.64. The van der Waals surface area contributed by atoms with Gasteiger partial charge in [0, 0.05) is 36.5 Å². The number of carbonyl (C=O) groups is 1. The number of alkyl halides is 3. The molecule has 0 aromatic carbocycles. The van der Waals surface area contributed by atoms with Crippen LogP contribution < -0.4 is 5.32 Å². The normalized spacial score (nSPS) is 21.9. The van der Waals surface area contributed by atoms with Crippen molar-refractivity contribution in [2.75, 3.05) is 5.32 Å². The Hall–Kier alpha value is -3.63. The summed E-state index contributed by atoms with van der Waals surface area (Å²) in [6, 6.07) is 5.02. The lowest BCUT2D eigenvalue weighted by Gasteiger charge is -2.25. The Kier molecular flexibility index (Phi) is 5.18. The first kappa shape index (κ1) is 21.2. The average Bonchev–Trinajstić information content (AvgIpc) is 3.36. The molecule has 170 valence electrons. The van der Waals surface area contributed by atoms with Crippen LogP contribution >= 0.6 is 0 Å². The minimum atomic E-state index is -4.49. The summed E-state index contributed by atoms with van der Waals surface area (Å²) < 4.78 is 38.3. The van der Waals surface area contributed by atoms with E-state index < -0.39 is 11.7 Å². The van der Waals surface area contributed by atoms with Gasteiger partial charge in [-0.2, -0.15) is 13.2 Å². The number of hydrogen-bond acceptors (Lipinski definition) is 7. The summed E-state index contributed by atoms with van der Waals surface area (Å²) in [5, 5.41) is 3.12. The van der Waals surface area contributed by atoms with Crippen LogP contribution in [0.4, 0.5) is 19.1 Å². The number of fused-ring (bicyclic) bond motifs is 2. The molecule has 0 aliphatic carbocycles. The van der Waals surface area contributed by atoms with Crippen molar-refractivity contribution in [2.24, 2.45) is 0 Å². The van der Waals surface area contributed by atoms with Gasteiger partial charge in [0.05, 0.1) is 23.2 Å². The van der Waals surface area contributed by atoms with E-state index in [4.69, 9.17) is 0 Å². The maximum atomic E-state index is 13.6. The van der Waals surface area contributed by atoms with Crippen molar-refractivity contribution in [2.45, 2.75) is 50.5 Å². The molecular formula is C22H20F3N7O. The Morgan fingerprint density at radius 3 is 2.52 bits per heavy atom. The van der Waals surface area contributed by atoms with E-state index in [9.17, 15) is 18.0 Å². The molecule has 1 N–H and O–H groups in total. The van der Waals surface area contributed by atoms with E-state index in [1.165, 1.54) is 0 Å². The largest absolute Gasteiger partial charge is 0.419 e. The predicted molar refractivity (Wildman–Crippen MR) is 112 cm³/mol. The molecule has 5 rings (SSSR count). The summed E-state index contributed by atoms with van der Waals surface area (Å²) >= 11 is 0. The second-order valence-corrected chi connectivity index (χ2v) is 8.21. The molecule has 33 heavy (non-hydrogen) atoms. The Balaban J connectivity index is 1.39. The molecule has 11 heteroatoms. The zero-order valence-electron chi connectivity index (χ0n) is 17.6. The maximum absolute atomic E-state index is 13.6. The number of anilines is 1. The summed E-state index contributed by atoms with van der Waals surface area (Å²) in [4.78, 5) is 36.1. The minimum Gasteiger partial charge on any atom is -0.349 e. The maximum Gasteiger partial charge on any atom is 0.419 e. The van der Waals surface area contributed by atoms with Crippen molar-refractivity contribution in [3.05, 3.63) is 59.9 Å². The van der Waals surface area contributed by atoms with Gasteiger partial charge < -0.3 is 10.2 Å². The molecule has 0 radical (unpaired) electrons. The first-order chi connectivity index (χ1) is 15.8. The van der Waals surface area contributed by atoms with Crippen LogP contribution in [-0.4, -0.2) is 53.9 Å². The molecular weight excluding hydrogens is 435 g/mol. The van der Waals surface area contributed by atoms with Crippen molar-refractivity contribution >= 4 is 11.9 Å². The number of nitrogens with zero attached hydrogens (tertiary/aromatic N) is 6. The molecule has 3 atom stereocenters. The van der Waals surface area contributed by atoms with Crippen LogP contribution in [0, 0.1) is 6.92 Å².